The normalized spacial score (nSPS) is 18.0. The van der Waals surface area contributed by atoms with Crippen LogP contribution in [-0.2, 0) is 0 Å². The molecule has 1 aliphatic rings. The van der Waals surface area contributed by atoms with Gasteiger partial charge in [0.15, 0.2) is 0 Å². The zero-order valence-electron chi connectivity index (χ0n) is 12.6. The molecule has 0 spiro atoms. The van der Waals surface area contributed by atoms with Crippen molar-refractivity contribution < 1.29 is 24.0 Å². The van der Waals surface area contributed by atoms with Gasteiger partial charge in [0.1, 0.15) is 0 Å². The van der Waals surface area contributed by atoms with Crippen molar-refractivity contribution in [3.8, 4) is 0 Å². The second-order valence-electron chi connectivity index (χ2n) is 5.43. The van der Waals surface area contributed by atoms with Crippen molar-refractivity contribution in [1.82, 2.24) is 4.90 Å². The molecule has 0 amide bonds. The smallest absolute Gasteiger partial charge is 0.847 e. The summed E-state index contributed by atoms with van der Waals surface area (Å²) in [5.41, 5.74) is 2.02. The fourth-order valence-electron chi connectivity index (χ4n) is 3.07. The molecule has 2 atom stereocenters. The molecule has 2 aromatic rings. The summed E-state index contributed by atoms with van der Waals surface area (Å²) in [5.74, 6) is 0. The van der Waals surface area contributed by atoms with Crippen molar-refractivity contribution in [2.75, 3.05) is 13.1 Å². The van der Waals surface area contributed by atoms with E-state index in [4.69, 9.17) is 0 Å². The van der Waals surface area contributed by atoms with Crippen LogP contribution in [0.15, 0.2) is 60.7 Å². The van der Waals surface area contributed by atoms with Gasteiger partial charge < -0.3 is 5.11 Å². The first-order valence-electron chi connectivity index (χ1n) is 7.36. The Bertz CT molecular complexity index is 525. The van der Waals surface area contributed by atoms with E-state index in [1.807, 2.05) is 48.5 Å². The maximum absolute atomic E-state index is 13.0. The first kappa shape index (κ1) is 16.3. The van der Waals surface area contributed by atoms with Gasteiger partial charge in [0.05, 0.1) is 0 Å². The van der Waals surface area contributed by atoms with Gasteiger partial charge >= 0.3 is 18.9 Å². The van der Waals surface area contributed by atoms with Crippen molar-refractivity contribution in [2.24, 2.45) is 0 Å². The number of hydrogen-bond donors (Lipinski definition) is 0. The van der Waals surface area contributed by atoms with E-state index in [9.17, 15) is 5.11 Å². The van der Waals surface area contributed by atoms with Crippen LogP contribution in [0.2, 0.25) is 0 Å². The summed E-state index contributed by atoms with van der Waals surface area (Å²) >= 11 is 0. The minimum Gasteiger partial charge on any atom is -0.847 e. The SMILES string of the molecule is [Li+].[O-][C@H](c1ccccc1)[C@H](c1ccccc1)N1CCCC1. The second kappa shape index (κ2) is 7.82. The zero-order chi connectivity index (χ0) is 13.8. The van der Waals surface area contributed by atoms with E-state index in [1.165, 1.54) is 12.8 Å². The molecule has 1 aliphatic heterocycles. The molecule has 1 fully saturated rings. The Labute approximate surface area is 139 Å². The summed E-state index contributed by atoms with van der Waals surface area (Å²) in [7, 11) is 0. The molecule has 0 saturated carbocycles. The fraction of sp³-hybridized carbons (Fsp3) is 0.333. The molecule has 104 valence electrons. The van der Waals surface area contributed by atoms with Crippen LogP contribution in [0.1, 0.15) is 36.1 Å². The van der Waals surface area contributed by atoms with E-state index >= 15 is 0 Å². The van der Waals surface area contributed by atoms with Crippen LogP contribution in [0.25, 0.3) is 0 Å². The maximum Gasteiger partial charge on any atom is 1.00 e. The van der Waals surface area contributed by atoms with Crippen LogP contribution in [0.5, 0.6) is 0 Å². The van der Waals surface area contributed by atoms with Gasteiger partial charge in [-0.1, -0.05) is 72.3 Å². The molecule has 3 rings (SSSR count). The molecule has 2 nitrogen and oxygen atoms in total. The van der Waals surface area contributed by atoms with Gasteiger partial charge in [-0.15, -0.1) is 0 Å². The quantitative estimate of drug-likeness (QED) is 0.729. The molecular weight excluding hydrogens is 253 g/mol. The average molecular weight is 273 g/mol. The molecule has 3 heteroatoms. The average Bonchev–Trinajstić information content (AvgIpc) is 3.03. The molecular formula is C18H20LiNO. The van der Waals surface area contributed by atoms with Gasteiger partial charge in [0.2, 0.25) is 0 Å². The van der Waals surface area contributed by atoms with Crippen molar-refractivity contribution in [3.63, 3.8) is 0 Å². The largest absolute Gasteiger partial charge is 1.00 e. The summed E-state index contributed by atoms with van der Waals surface area (Å²) in [6.45, 7) is 2.07. The first-order chi connectivity index (χ1) is 9.86. The summed E-state index contributed by atoms with van der Waals surface area (Å²) < 4.78 is 0. The van der Waals surface area contributed by atoms with Crippen molar-refractivity contribution in [3.05, 3.63) is 71.8 Å². The second-order valence-corrected chi connectivity index (χ2v) is 5.43. The molecule has 0 bridgehead atoms. The Morgan fingerprint density at radius 1 is 0.762 bits per heavy atom. The zero-order valence-corrected chi connectivity index (χ0v) is 12.6. The summed E-state index contributed by atoms with van der Waals surface area (Å²) in [6.07, 6.45) is 1.67. The Hall–Kier alpha value is -1.04. The Morgan fingerprint density at radius 3 is 1.76 bits per heavy atom. The Balaban J connectivity index is 0.00000161. The monoisotopic (exact) mass is 273 g/mol. The topological polar surface area (TPSA) is 26.3 Å². The van der Waals surface area contributed by atoms with E-state index in [1.54, 1.807) is 0 Å². The molecule has 1 saturated heterocycles. The van der Waals surface area contributed by atoms with E-state index in [0.717, 1.165) is 24.2 Å². The van der Waals surface area contributed by atoms with Gasteiger partial charge in [0.25, 0.3) is 0 Å². The Kier molecular flexibility index (Phi) is 6.08. The number of benzene rings is 2. The minimum absolute atomic E-state index is 0. The molecule has 2 aromatic carbocycles. The molecule has 0 N–H and O–H groups in total. The van der Waals surface area contributed by atoms with Gasteiger partial charge in [0, 0.05) is 6.04 Å². The van der Waals surface area contributed by atoms with Crippen LogP contribution < -0.4 is 24.0 Å². The standard InChI is InChI=1S/C18H20NO.Li/c20-18(16-11-5-2-6-12-16)17(19-13-7-8-14-19)15-9-3-1-4-10-15;/h1-6,9-12,17-18H,7-8,13-14H2;/q-1;+1/t17-,18+;/m0./s1. The third kappa shape index (κ3) is 3.78. The molecule has 0 aliphatic carbocycles. The molecule has 1 heterocycles. The third-order valence-electron chi connectivity index (χ3n) is 4.09. The molecule has 0 aromatic heterocycles. The fourth-order valence-corrected chi connectivity index (χ4v) is 3.07. The predicted molar refractivity (Wildman–Crippen MR) is 79.2 cm³/mol. The van der Waals surface area contributed by atoms with Gasteiger partial charge in [-0.2, -0.15) is 0 Å². The number of likely N-dealkylation sites (tertiary alicyclic amines) is 1. The van der Waals surface area contributed by atoms with Crippen molar-refractivity contribution in [1.29, 1.82) is 0 Å². The van der Waals surface area contributed by atoms with Crippen LogP contribution in [0.4, 0.5) is 0 Å². The van der Waals surface area contributed by atoms with Gasteiger partial charge in [-0.3, -0.25) is 4.90 Å². The van der Waals surface area contributed by atoms with Crippen LogP contribution in [-0.4, -0.2) is 18.0 Å². The summed E-state index contributed by atoms with van der Waals surface area (Å²) in [5, 5.41) is 13.0. The molecule has 0 radical (unpaired) electrons. The van der Waals surface area contributed by atoms with E-state index in [0.29, 0.717) is 0 Å². The first-order valence-corrected chi connectivity index (χ1v) is 7.36. The van der Waals surface area contributed by atoms with Crippen LogP contribution in [0, 0.1) is 0 Å². The van der Waals surface area contributed by atoms with Crippen molar-refractivity contribution >= 4 is 0 Å². The number of nitrogens with zero attached hydrogens (tertiary/aromatic N) is 1. The molecule has 0 unspecified atom stereocenters. The van der Waals surface area contributed by atoms with Crippen molar-refractivity contribution in [2.45, 2.75) is 25.0 Å². The van der Waals surface area contributed by atoms with Crippen LogP contribution in [0.3, 0.4) is 0 Å². The van der Waals surface area contributed by atoms with E-state index in [-0.39, 0.29) is 24.9 Å². The van der Waals surface area contributed by atoms with E-state index in [2.05, 4.69) is 17.0 Å². The molecule has 21 heavy (non-hydrogen) atoms. The van der Waals surface area contributed by atoms with Crippen LogP contribution >= 0.6 is 0 Å². The predicted octanol–water partition coefficient (Wildman–Crippen LogP) is -0.0709. The van der Waals surface area contributed by atoms with Gasteiger partial charge in [-0.25, -0.2) is 0 Å². The number of rotatable bonds is 4. The third-order valence-corrected chi connectivity index (χ3v) is 4.09. The maximum atomic E-state index is 13.0. The summed E-state index contributed by atoms with van der Waals surface area (Å²) in [6, 6.07) is 19.9. The minimum atomic E-state index is -0.725. The number of hydrogen-bond acceptors (Lipinski definition) is 2. The van der Waals surface area contributed by atoms with Gasteiger partial charge in [-0.05, 0) is 31.5 Å². The summed E-state index contributed by atoms with van der Waals surface area (Å²) in [4.78, 5) is 2.35. The Morgan fingerprint density at radius 2 is 1.24 bits per heavy atom. The van der Waals surface area contributed by atoms with E-state index < -0.39 is 6.10 Å².